The Balaban J connectivity index is 0.00000841. The molecule has 0 bridgehead atoms. The van der Waals surface area contributed by atoms with E-state index >= 15 is 0 Å². The highest BCUT2D eigenvalue weighted by molar-refractivity contribution is 7.99. The topological polar surface area (TPSA) is 12.0 Å². The molecule has 1 aliphatic heterocycles. The second-order valence-electron chi connectivity index (χ2n) is 9.81. The molecule has 0 aromatic carbocycles. The standard InChI is InChI=1S/C26H55N2S.HI/c1-3-4-5-6-7-8-9-10-11-12-13-14-15-16-17-18-25-29-26-19-22-28(2)23-20-27-21-24-28;/h27H,3-26H2,1-2H3;1H/q+1;/p-1. The molecule has 0 radical (unpaired) electrons. The van der Waals surface area contributed by atoms with Crippen LogP contribution in [-0.2, 0) is 0 Å². The fourth-order valence-electron chi connectivity index (χ4n) is 4.56. The van der Waals surface area contributed by atoms with Gasteiger partial charge in [-0.05, 0) is 17.9 Å². The summed E-state index contributed by atoms with van der Waals surface area (Å²) in [7, 11) is 2.45. The summed E-state index contributed by atoms with van der Waals surface area (Å²) in [5, 5.41) is 3.48. The number of hydrogen-bond donors (Lipinski definition) is 1. The quantitative estimate of drug-likeness (QED) is 0.128. The van der Waals surface area contributed by atoms with E-state index in [4.69, 9.17) is 0 Å². The van der Waals surface area contributed by atoms with Crippen molar-refractivity contribution in [2.24, 2.45) is 0 Å². The Morgan fingerprint density at radius 3 is 1.47 bits per heavy atom. The van der Waals surface area contributed by atoms with Gasteiger partial charge in [-0.2, -0.15) is 11.8 Å². The van der Waals surface area contributed by atoms with Gasteiger partial charge in [0.15, 0.2) is 0 Å². The third-order valence-electron chi connectivity index (χ3n) is 6.79. The number of piperazine rings is 1. The number of likely N-dealkylation sites (N-methyl/N-ethyl adjacent to an activating group) is 1. The van der Waals surface area contributed by atoms with Crippen molar-refractivity contribution in [1.82, 2.24) is 5.32 Å². The normalized spacial score (nSPS) is 15.8. The minimum absolute atomic E-state index is 0. The fraction of sp³-hybridized carbons (Fsp3) is 1.00. The maximum absolute atomic E-state index is 3.48. The molecule has 0 atom stereocenters. The van der Waals surface area contributed by atoms with Crippen LogP contribution in [0.25, 0.3) is 0 Å². The lowest BCUT2D eigenvalue weighted by atomic mass is 10.0. The summed E-state index contributed by atoms with van der Waals surface area (Å²) in [5.74, 6) is 2.77. The van der Waals surface area contributed by atoms with Crippen molar-refractivity contribution in [3.05, 3.63) is 0 Å². The number of nitrogens with zero attached hydrogens (tertiary/aromatic N) is 1. The van der Waals surface area contributed by atoms with Crippen LogP contribution in [-0.4, -0.2) is 55.8 Å². The van der Waals surface area contributed by atoms with Crippen LogP contribution in [0.4, 0.5) is 0 Å². The second-order valence-corrected chi connectivity index (χ2v) is 11.0. The minimum Gasteiger partial charge on any atom is -1.00 e. The van der Waals surface area contributed by atoms with Crippen LogP contribution in [0.1, 0.15) is 116 Å². The molecule has 1 saturated heterocycles. The smallest absolute Gasteiger partial charge is 0.0911 e. The lowest BCUT2D eigenvalue weighted by Gasteiger charge is -2.38. The Morgan fingerprint density at radius 1 is 0.600 bits per heavy atom. The molecule has 0 aromatic heterocycles. The summed E-state index contributed by atoms with van der Waals surface area (Å²) < 4.78 is 1.30. The molecule has 2 nitrogen and oxygen atoms in total. The van der Waals surface area contributed by atoms with Crippen LogP contribution in [0.3, 0.4) is 0 Å². The third-order valence-corrected chi connectivity index (χ3v) is 7.94. The Kier molecular flexibility index (Phi) is 23.9. The van der Waals surface area contributed by atoms with E-state index in [0.717, 1.165) is 0 Å². The van der Waals surface area contributed by atoms with Crippen LogP contribution in [0.15, 0.2) is 0 Å². The Hall–Kier alpha value is 1.00. The molecule has 0 saturated carbocycles. The van der Waals surface area contributed by atoms with Gasteiger partial charge in [-0.3, -0.25) is 0 Å². The van der Waals surface area contributed by atoms with Crippen molar-refractivity contribution in [1.29, 1.82) is 0 Å². The number of thioether (sulfide) groups is 1. The fourth-order valence-corrected chi connectivity index (χ4v) is 5.51. The maximum Gasteiger partial charge on any atom is 0.0911 e. The number of halogens is 1. The van der Waals surface area contributed by atoms with Gasteiger partial charge in [-0.1, -0.05) is 103 Å². The highest BCUT2D eigenvalue weighted by Crippen LogP contribution is 2.15. The summed E-state index contributed by atoms with van der Waals surface area (Å²) in [6.07, 6.45) is 24.9. The van der Waals surface area contributed by atoms with Crippen LogP contribution >= 0.6 is 11.8 Å². The average molecular weight is 555 g/mol. The molecular weight excluding hydrogens is 499 g/mol. The van der Waals surface area contributed by atoms with Gasteiger partial charge in [0.25, 0.3) is 0 Å². The monoisotopic (exact) mass is 554 g/mol. The van der Waals surface area contributed by atoms with E-state index in [2.05, 4.69) is 31.1 Å². The van der Waals surface area contributed by atoms with Gasteiger partial charge in [0.2, 0.25) is 0 Å². The van der Waals surface area contributed by atoms with Crippen molar-refractivity contribution < 1.29 is 28.5 Å². The molecule has 1 rings (SSSR count). The molecule has 1 aliphatic rings. The molecule has 0 unspecified atom stereocenters. The molecule has 1 N–H and O–H groups in total. The minimum atomic E-state index is 0. The second kappa shape index (κ2) is 23.2. The lowest BCUT2D eigenvalue weighted by molar-refractivity contribution is -0.911. The van der Waals surface area contributed by atoms with Gasteiger partial charge in [-0.25, -0.2) is 0 Å². The van der Waals surface area contributed by atoms with Crippen molar-refractivity contribution in [3.63, 3.8) is 0 Å². The first-order valence-electron chi connectivity index (χ1n) is 13.4. The predicted molar refractivity (Wildman–Crippen MR) is 135 cm³/mol. The molecule has 1 fully saturated rings. The Labute approximate surface area is 212 Å². The Bertz CT molecular complexity index is 335. The first-order valence-corrected chi connectivity index (χ1v) is 14.5. The highest BCUT2D eigenvalue weighted by atomic mass is 127. The van der Waals surface area contributed by atoms with Crippen molar-refractivity contribution in [3.8, 4) is 0 Å². The van der Waals surface area contributed by atoms with Crippen molar-refractivity contribution in [2.75, 3.05) is 51.3 Å². The van der Waals surface area contributed by atoms with E-state index in [1.165, 1.54) is 158 Å². The van der Waals surface area contributed by atoms with E-state index in [9.17, 15) is 0 Å². The summed E-state index contributed by atoms with van der Waals surface area (Å²) in [6.45, 7) is 8.75. The molecule has 30 heavy (non-hydrogen) atoms. The largest absolute Gasteiger partial charge is 1.00 e. The van der Waals surface area contributed by atoms with Crippen molar-refractivity contribution >= 4 is 11.8 Å². The lowest BCUT2D eigenvalue weighted by Crippen LogP contribution is -3.00. The van der Waals surface area contributed by atoms with Crippen LogP contribution in [0.2, 0.25) is 0 Å². The van der Waals surface area contributed by atoms with Gasteiger partial charge in [0.1, 0.15) is 0 Å². The molecule has 182 valence electrons. The number of nitrogens with one attached hydrogen (secondary N) is 1. The highest BCUT2D eigenvalue weighted by Gasteiger charge is 2.23. The van der Waals surface area contributed by atoms with Crippen LogP contribution in [0.5, 0.6) is 0 Å². The zero-order chi connectivity index (χ0) is 20.9. The van der Waals surface area contributed by atoms with Crippen LogP contribution in [0, 0.1) is 0 Å². The number of hydrogen-bond acceptors (Lipinski definition) is 2. The van der Waals surface area contributed by atoms with Crippen LogP contribution < -0.4 is 29.3 Å². The summed E-state index contributed by atoms with van der Waals surface area (Å²) in [6, 6.07) is 0. The van der Waals surface area contributed by atoms with Gasteiger partial charge in [0, 0.05) is 19.5 Å². The van der Waals surface area contributed by atoms with E-state index in [1.54, 1.807) is 0 Å². The number of rotatable bonds is 21. The van der Waals surface area contributed by atoms with E-state index in [0.29, 0.717) is 0 Å². The van der Waals surface area contributed by atoms with E-state index in [1.807, 2.05) is 0 Å². The van der Waals surface area contributed by atoms with E-state index < -0.39 is 0 Å². The maximum atomic E-state index is 3.48. The van der Waals surface area contributed by atoms with Gasteiger partial charge in [0.05, 0.1) is 26.7 Å². The van der Waals surface area contributed by atoms with Gasteiger partial charge in [-0.15, -0.1) is 0 Å². The van der Waals surface area contributed by atoms with Gasteiger partial charge >= 0.3 is 0 Å². The van der Waals surface area contributed by atoms with Crippen molar-refractivity contribution in [2.45, 2.75) is 116 Å². The van der Waals surface area contributed by atoms with Gasteiger partial charge < -0.3 is 33.8 Å². The summed E-state index contributed by atoms with van der Waals surface area (Å²) in [4.78, 5) is 0. The average Bonchev–Trinajstić information content (AvgIpc) is 2.73. The zero-order valence-corrected chi connectivity index (χ0v) is 23.7. The molecule has 0 aromatic rings. The number of unbranched alkanes of at least 4 members (excludes halogenated alkanes) is 15. The SMILES string of the molecule is CCCCCCCCCCCCCCCCCCSCCC[N+]1(C)CCNCC1.[I-]. The third kappa shape index (κ3) is 19.7. The predicted octanol–water partition coefficient (Wildman–Crippen LogP) is 4.43. The zero-order valence-electron chi connectivity index (χ0n) is 20.7. The summed E-state index contributed by atoms with van der Waals surface area (Å²) in [5.41, 5.74) is 0. The van der Waals surface area contributed by atoms with E-state index in [-0.39, 0.29) is 24.0 Å². The summed E-state index contributed by atoms with van der Waals surface area (Å²) >= 11 is 2.20. The number of quaternary nitrogens is 1. The first kappa shape index (κ1) is 31.0. The molecular formula is C26H55IN2S. The molecule has 1 heterocycles. The Morgan fingerprint density at radius 2 is 1.00 bits per heavy atom. The first-order chi connectivity index (χ1) is 14.3. The molecule has 4 heteroatoms. The molecule has 0 spiro atoms. The molecule has 0 aliphatic carbocycles. The molecule has 0 amide bonds.